The van der Waals surface area contributed by atoms with E-state index in [1.165, 1.54) is 0 Å². The van der Waals surface area contributed by atoms with Crippen LogP contribution < -0.4 is 10.3 Å². The van der Waals surface area contributed by atoms with Crippen molar-refractivity contribution < 1.29 is 62.2 Å². The van der Waals surface area contributed by atoms with E-state index in [9.17, 15) is 52.0 Å². The summed E-state index contributed by atoms with van der Waals surface area (Å²) in [5, 5.41) is 74.0. The predicted molar refractivity (Wildman–Crippen MR) is 78.3 cm³/mol. The maximum atomic E-state index is 11.7. The van der Waals surface area contributed by atoms with Crippen molar-refractivity contribution in [3.63, 3.8) is 0 Å². The molecule has 0 amide bonds. The van der Waals surface area contributed by atoms with Crippen LogP contribution in [0.5, 0.6) is 0 Å². The molecule has 0 bridgehead atoms. The monoisotopic (exact) mass is 426 g/mol. The summed E-state index contributed by atoms with van der Waals surface area (Å²) in [6.07, 6.45) is -14.4. The van der Waals surface area contributed by atoms with Crippen molar-refractivity contribution in [2.45, 2.75) is 41.4 Å². The zero-order valence-corrected chi connectivity index (χ0v) is 14.2. The first-order valence-electron chi connectivity index (χ1n) is 6.31. The van der Waals surface area contributed by atoms with Crippen molar-refractivity contribution in [3.05, 3.63) is 0 Å². The molecule has 0 radical (unpaired) electrons. The number of Topliss-reactive ketones (excluding diaryl/α,β-unsaturated/α-hetero) is 2. The Morgan fingerprint density at radius 1 is 0.615 bits per heavy atom. The highest BCUT2D eigenvalue weighted by atomic mass is 32.2. The Morgan fingerprint density at radius 2 is 0.962 bits per heavy atom. The number of nitrogens with two attached hydrogens (primary N) is 2. The molecule has 0 fully saturated rings. The topological polar surface area (TPSA) is 296 Å². The Hall–Kier alpha value is -1.12. The lowest BCUT2D eigenvalue weighted by Gasteiger charge is -2.26. The van der Waals surface area contributed by atoms with Crippen LogP contribution in [0.3, 0.4) is 0 Å². The molecule has 7 unspecified atom stereocenters. The summed E-state index contributed by atoms with van der Waals surface area (Å²) in [5.74, 6) is -4.09. The van der Waals surface area contributed by atoms with E-state index < -0.39 is 73.0 Å². The molecule has 0 aliphatic carbocycles. The average Bonchev–Trinajstić information content (AvgIpc) is 2.53. The molecule has 11 N–H and O–H groups in total. The van der Waals surface area contributed by atoms with Gasteiger partial charge in [-0.1, -0.05) is 0 Å². The minimum atomic E-state index is -4.89. The molecule has 0 aromatic heterocycles. The van der Waals surface area contributed by atoms with Crippen LogP contribution in [-0.2, 0) is 29.6 Å². The van der Waals surface area contributed by atoms with Gasteiger partial charge in [0.2, 0.25) is 31.3 Å². The van der Waals surface area contributed by atoms with Crippen molar-refractivity contribution >= 4 is 31.6 Å². The van der Waals surface area contributed by atoms with Gasteiger partial charge in [0, 0.05) is 0 Å². The molecule has 7 atom stereocenters. The van der Waals surface area contributed by atoms with E-state index in [-0.39, 0.29) is 0 Å². The molecule has 0 aromatic carbocycles. The van der Waals surface area contributed by atoms with Gasteiger partial charge < -0.3 is 35.7 Å². The molecular formula is C9H18N2O13S2. The summed E-state index contributed by atoms with van der Waals surface area (Å²) in [5.41, 5.74) is -5.79. The van der Waals surface area contributed by atoms with E-state index in [4.69, 9.17) is 10.2 Å². The van der Waals surface area contributed by atoms with Crippen LogP contribution in [0.4, 0.5) is 0 Å². The van der Waals surface area contributed by atoms with Crippen LogP contribution in [0.25, 0.3) is 0 Å². The fraction of sp³-hybridized carbons (Fsp3) is 0.778. The number of carbonyl (C=O) groups excluding carboxylic acids is 2. The lowest BCUT2D eigenvalue weighted by atomic mass is 9.97. The number of aliphatic hydroxyl groups is 7. The summed E-state index contributed by atoms with van der Waals surface area (Å²) in [6, 6.07) is 0. The number of ketones is 2. The van der Waals surface area contributed by atoms with E-state index in [0.717, 1.165) is 0 Å². The summed E-state index contributed by atoms with van der Waals surface area (Å²) in [7, 11) is -9.73. The first-order valence-corrected chi connectivity index (χ1v) is 9.53. The molecule has 0 rings (SSSR count). The van der Waals surface area contributed by atoms with E-state index >= 15 is 0 Å². The van der Waals surface area contributed by atoms with Crippen molar-refractivity contribution in [2.24, 2.45) is 10.3 Å². The van der Waals surface area contributed by atoms with Crippen LogP contribution >= 0.6 is 0 Å². The number of sulfonamides is 2. The highest BCUT2D eigenvalue weighted by Gasteiger charge is 2.44. The minimum absolute atomic E-state index is 2.04. The Morgan fingerprint density at radius 3 is 1.31 bits per heavy atom. The van der Waals surface area contributed by atoms with Gasteiger partial charge in [-0.2, -0.15) is 0 Å². The molecule has 0 saturated heterocycles. The molecule has 0 aromatic rings. The second kappa shape index (κ2) is 8.71. The first-order chi connectivity index (χ1) is 11.4. The van der Waals surface area contributed by atoms with Crippen molar-refractivity contribution in [1.82, 2.24) is 0 Å². The maximum Gasteiger partial charge on any atom is 0.239 e. The highest BCUT2D eigenvalue weighted by Crippen LogP contribution is 2.12. The summed E-state index contributed by atoms with van der Waals surface area (Å²) in [4.78, 5) is 23.2. The highest BCUT2D eigenvalue weighted by molar-refractivity contribution is 7.89. The third-order valence-electron chi connectivity index (χ3n) is 3.03. The average molecular weight is 426 g/mol. The Kier molecular flexibility index (Phi) is 8.34. The molecule has 0 aliphatic heterocycles. The number of carbonyl (C=O) groups is 2. The third-order valence-corrected chi connectivity index (χ3v) is 4.91. The quantitative estimate of drug-likeness (QED) is 0.147. The maximum absolute atomic E-state index is 11.7. The second-order valence-corrected chi connectivity index (χ2v) is 8.36. The Bertz CT molecular complexity index is 735. The smallest absolute Gasteiger partial charge is 0.239 e. The fourth-order valence-electron chi connectivity index (χ4n) is 1.50. The standard InChI is InChI=1S/C9H18N2O13S2/c10-25(21,22)8(19)6(17)4(15)2(13)1(12)3(14)5(16)7(18)9(20)26(11,23)24/h2-4,6-9,13-15,17-20H,(H2,10,21,22)(H2,11,23,24). The van der Waals surface area contributed by atoms with E-state index in [2.05, 4.69) is 10.3 Å². The summed E-state index contributed by atoms with van der Waals surface area (Å²) < 4.78 is 43.3. The van der Waals surface area contributed by atoms with Gasteiger partial charge in [0.25, 0.3) is 0 Å². The number of rotatable bonds is 10. The van der Waals surface area contributed by atoms with Gasteiger partial charge >= 0.3 is 0 Å². The molecular weight excluding hydrogens is 408 g/mol. The fourth-order valence-corrected chi connectivity index (χ4v) is 2.55. The molecule has 0 spiro atoms. The third kappa shape index (κ3) is 5.96. The molecule has 0 aliphatic rings. The van der Waals surface area contributed by atoms with Crippen LogP contribution in [0, 0.1) is 0 Å². The van der Waals surface area contributed by atoms with Gasteiger partial charge in [0.15, 0.2) is 23.4 Å². The molecule has 154 valence electrons. The van der Waals surface area contributed by atoms with Gasteiger partial charge in [0.05, 0.1) is 0 Å². The predicted octanol–water partition coefficient (Wildman–Crippen LogP) is -7.86. The van der Waals surface area contributed by atoms with Crippen molar-refractivity contribution in [3.8, 4) is 0 Å². The Labute approximate surface area is 146 Å². The van der Waals surface area contributed by atoms with Crippen molar-refractivity contribution in [2.75, 3.05) is 0 Å². The molecule has 15 nitrogen and oxygen atoms in total. The van der Waals surface area contributed by atoms with Crippen LogP contribution in [0.15, 0.2) is 0 Å². The molecule has 0 saturated carbocycles. The molecule has 0 heterocycles. The van der Waals surface area contributed by atoms with Gasteiger partial charge in [-0.3, -0.25) is 9.59 Å². The molecule has 26 heavy (non-hydrogen) atoms. The second-order valence-electron chi connectivity index (χ2n) is 5.04. The van der Waals surface area contributed by atoms with E-state index in [1.807, 2.05) is 0 Å². The molecule has 17 heteroatoms. The lowest BCUT2D eigenvalue weighted by Crippen LogP contribution is -2.55. The lowest BCUT2D eigenvalue weighted by molar-refractivity contribution is -0.157. The van der Waals surface area contributed by atoms with E-state index in [0.29, 0.717) is 0 Å². The summed E-state index contributed by atoms with van der Waals surface area (Å²) >= 11 is 0. The number of aliphatic hydroxyl groups excluding tert-OH is 7. The summed E-state index contributed by atoms with van der Waals surface area (Å²) in [6.45, 7) is 0. The number of primary sulfonamides is 2. The van der Waals surface area contributed by atoms with Crippen LogP contribution in [-0.4, -0.2) is 106 Å². The van der Waals surface area contributed by atoms with Gasteiger partial charge in [0.1, 0.15) is 18.3 Å². The largest absolute Gasteiger partial charge is 0.387 e. The first kappa shape index (κ1) is 24.9. The van der Waals surface area contributed by atoms with Crippen LogP contribution in [0.2, 0.25) is 0 Å². The van der Waals surface area contributed by atoms with Crippen molar-refractivity contribution in [1.29, 1.82) is 0 Å². The van der Waals surface area contributed by atoms with Crippen LogP contribution in [0.1, 0.15) is 0 Å². The minimum Gasteiger partial charge on any atom is -0.387 e. The van der Waals surface area contributed by atoms with E-state index in [1.54, 1.807) is 0 Å². The van der Waals surface area contributed by atoms with Gasteiger partial charge in [-0.15, -0.1) is 0 Å². The Balaban J connectivity index is 5.31. The SMILES string of the molecule is NS(=O)(=O)C(O)C(O)C(=O)C(O)C(=O)C(O)C(O)C(O)C(O)S(N)(=O)=O. The zero-order chi connectivity index (χ0) is 21.2. The van der Waals surface area contributed by atoms with Gasteiger partial charge in [-0.05, 0) is 0 Å². The normalized spacial score (nSPS) is 21.1. The zero-order valence-electron chi connectivity index (χ0n) is 12.6. The number of hydrogen-bond donors (Lipinski definition) is 9. The number of hydrogen-bond acceptors (Lipinski definition) is 13. The van der Waals surface area contributed by atoms with Gasteiger partial charge in [-0.25, -0.2) is 27.1 Å².